The summed E-state index contributed by atoms with van der Waals surface area (Å²) >= 11 is 0. The van der Waals surface area contributed by atoms with Crippen LogP contribution >= 0.6 is 0 Å². The third-order valence-electron chi connectivity index (χ3n) is 5.30. The molecule has 1 aliphatic rings. The molecule has 0 fully saturated rings. The van der Waals surface area contributed by atoms with Gasteiger partial charge in [-0.05, 0) is 59.5 Å². The summed E-state index contributed by atoms with van der Waals surface area (Å²) in [6, 6.07) is 9.92. The first kappa shape index (κ1) is 19.5. The van der Waals surface area contributed by atoms with Crippen molar-refractivity contribution < 1.29 is 29.4 Å². The molecule has 4 N–H and O–H groups in total. The number of fused-ring (bicyclic) bond motifs is 1. The van der Waals surface area contributed by atoms with Gasteiger partial charge in [0, 0.05) is 5.56 Å². The number of carboxylic acid groups (broad SMARTS) is 1. The first-order chi connectivity index (χ1) is 12.9. The molecule has 0 aliphatic heterocycles. The molecule has 0 radical (unpaired) electrons. The topological polar surface area (TPSA) is 98.0 Å². The van der Waals surface area contributed by atoms with Gasteiger partial charge in [0.1, 0.15) is 5.82 Å². The first-order valence-corrected chi connectivity index (χ1v) is 9.02. The normalized spacial score (nSPS) is 18.4. The molecule has 0 aromatic heterocycles. The minimum Gasteiger partial charge on any atom is -0.481 e. The highest BCUT2D eigenvalue weighted by Gasteiger charge is 2.38. The molecule has 5 nitrogen and oxygen atoms in total. The first-order valence-electron chi connectivity index (χ1n) is 9.02. The Morgan fingerprint density at radius 1 is 1.19 bits per heavy atom. The van der Waals surface area contributed by atoms with E-state index in [4.69, 9.17) is 10.0 Å². The molecule has 1 aliphatic carbocycles. The van der Waals surface area contributed by atoms with Gasteiger partial charge in [0.15, 0.2) is 0 Å². The lowest BCUT2D eigenvalue weighted by Gasteiger charge is -2.17. The van der Waals surface area contributed by atoms with Crippen molar-refractivity contribution in [1.82, 2.24) is 0 Å². The Hall–Kier alpha value is -2.22. The summed E-state index contributed by atoms with van der Waals surface area (Å²) < 4.78 is 14.8. The van der Waals surface area contributed by atoms with Gasteiger partial charge in [-0.25, -0.2) is 4.39 Å². The summed E-state index contributed by atoms with van der Waals surface area (Å²) in [5.41, 5.74) is 2.70. The van der Waals surface area contributed by atoms with E-state index in [-0.39, 0.29) is 24.4 Å². The number of aliphatic carboxylic acids is 1. The van der Waals surface area contributed by atoms with Crippen molar-refractivity contribution in [2.45, 2.75) is 38.1 Å². The van der Waals surface area contributed by atoms with Crippen molar-refractivity contribution in [3.63, 3.8) is 0 Å². The monoisotopic (exact) mass is 372 g/mol. The second kappa shape index (κ2) is 8.21. The van der Waals surface area contributed by atoms with Crippen LogP contribution in [0.5, 0.6) is 0 Å². The number of benzene rings is 2. The highest BCUT2D eigenvalue weighted by molar-refractivity contribution is 6.40. The fraction of sp³-hybridized carbons (Fsp3) is 0.350. The molecular formula is C20H22BFO5. The largest absolute Gasteiger partial charge is 0.481 e. The van der Waals surface area contributed by atoms with E-state index in [1.807, 2.05) is 0 Å². The second-order valence-corrected chi connectivity index (χ2v) is 7.04. The number of aliphatic hydroxyl groups is 1. The van der Waals surface area contributed by atoms with Crippen LogP contribution in [0.15, 0.2) is 36.4 Å². The smallest absolute Gasteiger partial charge is 0.451 e. The van der Waals surface area contributed by atoms with Crippen LogP contribution in [0.4, 0.5) is 4.39 Å². The molecule has 0 saturated heterocycles. The average Bonchev–Trinajstić information content (AvgIpc) is 2.97. The predicted octanol–water partition coefficient (Wildman–Crippen LogP) is 2.58. The lowest BCUT2D eigenvalue weighted by molar-refractivity contribution is -0.139. The van der Waals surface area contributed by atoms with Crippen molar-refractivity contribution in [3.05, 3.63) is 58.9 Å². The minimum atomic E-state index is -1.41. The van der Waals surface area contributed by atoms with Crippen LogP contribution in [-0.2, 0) is 17.8 Å². The van der Waals surface area contributed by atoms with Gasteiger partial charge < -0.3 is 20.3 Å². The summed E-state index contributed by atoms with van der Waals surface area (Å²) in [6.45, 7) is -0.235. The molecule has 2 atom stereocenters. The Bertz CT molecular complexity index is 839. The van der Waals surface area contributed by atoms with Crippen molar-refractivity contribution in [1.29, 1.82) is 0 Å². The molecule has 0 saturated carbocycles. The van der Waals surface area contributed by atoms with Crippen LogP contribution in [0, 0.1) is 11.7 Å². The Morgan fingerprint density at radius 2 is 1.93 bits per heavy atom. The van der Waals surface area contributed by atoms with Gasteiger partial charge in [-0.15, -0.1) is 0 Å². The standard InChI is InChI=1S/C20H22BFO5/c22-18-9-14-8-12(5-3-7-21(26)27)19(20(24)25)16(14)10-17(18)15-6-2-1-4-13(15)11-23/h1-2,4,6,9-10,12,19,23,26-27H,3,5,7-8,11H2,(H,24,25). The molecule has 0 amide bonds. The Kier molecular flexibility index (Phi) is 5.94. The number of rotatable bonds is 7. The Balaban J connectivity index is 1.97. The summed E-state index contributed by atoms with van der Waals surface area (Å²) in [6.07, 6.45) is 1.64. The molecule has 0 spiro atoms. The lowest BCUT2D eigenvalue weighted by Crippen LogP contribution is -2.18. The Morgan fingerprint density at radius 3 is 2.59 bits per heavy atom. The van der Waals surface area contributed by atoms with E-state index in [0.717, 1.165) is 0 Å². The number of carboxylic acids is 1. The molecule has 3 rings (SSSR count). The highest BCUT2D eigenvalue weighted by atomic mass is 19.1. The maximum absolute atomic E-state index is 14.8. The van der Waals surface area contributed by atoms with Gasteiger partial charge in [0.05, 0.1) is 12.5 Å². The van der Waals surface area contributed by atoms with Crippen LogP contribution < -0.4 is 0 Å². The van der Waals surface area contributed by atoms with E-state index < -0.39 is 24.8 Å². The second-order valence-electron chi connectivity index (χ2n) is 7.04. The zero-order valence-electron chi connectivity index (χ0n) is 14.8. The van der Waals surface area contributed by atoms with Gasteiger partial charge in [0.2, 0.25) is 0 Å². The van der Waals surface area contributed by atoms with Crippen LogP contribution in [0.3, 0.4) is 0 Å². The van der Waals surface area contributed by atoms with E-state index >= 15 is 0 Å². The predicted molar refractivity (Wildman–Crippen MR) is 99.6 cm³/mol. The van der Waals surface area contributed by atoms with Gasteiger partial charge in [-0.3, -0.25) is 4.79 Å². The molecule has 2 aromatic rings. The van der Waals surface area contributed by atoms with E-state index in [1.54, 1.807) is 30.3 Å². The lowest BCUT2D eigenvalue weighted by atomic mass is 9.80. The summed E-state index contributed by atoms with van der Waals surface area (Å²) in [5.74, 6) is -2.36. The molecule has 2 aromatic carbocycles. The summed E-state index contributed by atoms with van der Waals surface area (Å²) in [7, 11) is -1.41. The summed E-state index contributed by atoms with van der Waals surface area (Å²) in [5, 5.41) is 37.3. The molecule has 0 heterocycles. The highest BCUT2D eigenvalue weighted by Crippen LogP contribution is 2.43. The molecule has 2 unspecified atom stereocenters. The average molecular weight is 372 g/mol. The number of carbonyl (C=O) groups is 1. The number of halogens is 1. The fourth-order valence-electron chi connectivity index (χ4n) is 4.05. The van der Waals surface area contributed by atoms with E-state index in [9.17, 15) is 19.4 Å². The van der Waals surface area contributed by atoms with Gasteiger partial charge >= 0.3 is 13.1 Å². The maximum Gasteiger partial charge on any atom is 0.451 e. The van der Waals surface area contributed by atoms with Crippen LogP contribution in [0.25, 0.3) is 11.1 Å². The molecule has 0 bridgehead atoms. The van der Waals surface area contributed by atoms with Crippen molar-refractivity contribution in [3.8, 4) is 11.1 Å². The molecule has 27 heavy (non-hydrogen) atoms. The SMILES string of the molecule is O=C(O)C1c2cc(-c3ccccc3CO)c(F)cc2CC1CCCB(O)O. The summed E-state index contributed by atoms with van der Waals surface area (Å²) in [4.78, 5) is 11.9. The Labute approximate surface area is 157 Å². The molecule has 142 valence electrons. The van der Waals surface area contributed by atoms with Crippen molar-refractivity contribution >= 4 is 13.1 Å². The minimum absolute atomic E-state index is 0.183. The van der Waals surface area contributed by atoms with E-state index in [2.05, 4.69) is 0 Å². The third kappa shape index (κ3) is 4.05. The number of hydrogen-bond donors (Lipinski definition) is 4. The van der Waals surface area contributed by atoms with Gasteiger partial charge in [-0.1, -0.05) is 30.7 Å². The maximum atomic E-state index is 14.8. The number of aliphatic hydroxyl groups excluding tert-OH is 1. The zero-order chi connectivity index (χ0) is 19.6. The fourth-order valence-corrected chi connectivity index (χ4v) is 4.05. The van der Waals surface area contributed by atoms with Crippen LogP contribution in [0.1, 0.15) is 35.4 Å². The zero-order valence-corrected chi connectivity index (χ0v) is 14.8. The third-order valence-corrected chi connectivity index (χ3v) is 5.30. The van der Waals surface area contributed by atoms with Gasteiger partial charge in [-0.2, -0.15) is 0 Å². The van der Waals surface area contributed by atoms with Gasteiger partial charge in [0.25, 0.3) is 0 Å². The van der Waals surface area contributed by atoms with Crippen LogP contribution in [-0.4, -0.2) is 33.3 Å². The van der Waals surface area contributed by atoms with E-state index in [1.165, 1.54) is 6.07 Å². The van der Waals surface area contributed by atoms with E-state index in [0.29, 0.717) is 41.5 Å². The van der Waals surface area contributed by atoms with Crippen LogP contribution in [0.2, 0.25) is 6.32 Å². The molecular weight excluding hydrogens is 350 g/mol. The van der Waals surface area contributed by atoms with Crippen molar-refractivity contribution in [2.24, 2.45) is 5.92 Å². The number of hydrogen-bond acceptors (Lipinski definition) is 4. The molecule has 7 heteroatoms. The van der Waals surface area contributed by atoms with Crippen molar-refractivity contribution in [2.75, 3.05) is 0 Å². The quantitative estimate of drug-likeness (QED) is 0.560.